The molecule has 2 N–H and O–H groups in total. The van der Waals surface area contributed by atoms with E-state index in [0.29, 0.717) is 44.1 Å². The Hall–Kier alpha value is -3.62. The lowest BCUT2D eigenvalue weighted by molar-refractivity contribution is 0.0911. The van der Waals surface area contributed by atoms with Crippen LogP contribution in [0, 0.1) is 13.8 Å². The van der Waals surface area contributed by atoms with Crippen LogP contribution in [0.4, 0.5) is 0 Å². The average Bonchev–Trinajstić information content (AvgIpc) is 3.40. The van der Waals surface area contributed by atoms with Crippen molar-refractivity contribution in [1.29, 1.82) is 0 Å². The predicted molar refractivity (Wildman–Crippen MR) is 133 cm³/mol. The second-order valence-electron chi connectivity index (χ2n) is 7.97. The number of nitrogens with one attached hydrogen (secondary N) is 2. The van der Waals surface area contributed by atoms with Crippen molar-refractivity contribution in [2.75, 3.05) is 6.54 Å². The minimum Gasteiger partial charge on any atom is -0.360 e. The number of halogens is 2. The second-order valence-corrected chi connectivity index (χ2v) is 8.78. The van der Waals surface area contributed by atoms with Gasteiger partial charge in [0.1, 0.15) is 34.0 Å². The molecule has 8 nitrogen and oxygen atoms in total. The van der Waals surface area contributed by atoms with E-state index in [4.69, 9.17) is 32.2 Å². The van der Waals surface area contributed by atoms with E-state index in [9.17, 15) is 9.59 Å². The fraction of sp³-hybridized carbons (Fsp3) is 0.200. The summed E-state index contributed by atoms with van der Waals surface area (Å²) in [4.78, 5) is 26.0. The molecule has 180 valence electrons. The molecule has 10 heteroatoms. The predicted octanol–water partition coefficient (Wildman–Crippen LogP) is 5.47. The molecule has 0 bridgehead atoms. The number of hydrogen-bond acceptors (Lipinski definition) is 6. The number of carbonyl (C=O) groups excluding carboxylic acids is 2. The number of hydrogen-bond donors (Lipinski definition) is 2. The Morgan fingerprint density at radius 2 is 1.29 bits per heavy atom. The van der Waals surface area contributed by atoms with Gasteiger partial charge in [-0.3, -0.25) is 9.59 Å². The minimum atomic E-state index is -0.413. The standard InChI is InChI=1S/C25H22Cl2N4O4/c1-13(29-25(33)21-15(3)35-31-23(21)17-9-5-7-11-19(17)27)12-28-24(32)20-14(2)34-30-22(20)16-8-4-6-10-18(16)26/h4-11,13H,12H2,1-3H3,(H,28,32)(H,29,33). The highest BCUT2D eigenvalue weighted by Gasteiger charge is 2.26. The molecule has 35 heavy (non-hydrogen) atoms. The molecule has 2 aromatic heterocycles. The summed E-state index contributed by atoms with van der Waals surface area (Å²) in [5.41, 5.74) is 2.46. The number of amides is 2. The van der Waals surface area contributed by atoms with Gasteiger partial charge in [0.15, 0.2) is 0 Å². The smallest absolute Gasteiger partial charge is 0.257 e. The van der Waals surface area contributed by atoms with Crippen LogP contribution in [-0.4, -0.2) is 34.7 Å². The third-order valence-corrected chi connectivity index (χ3v) is 6.04. The van der Waals surface area contributed by atoms with Crippen LogP contribution in [0.2, 0.25) is 10.0 Å². The van der Waals surface area contributed by atoms with Crippen molar-refractivity contribution in [2.24, 2.45) is 0 Å². The fourth-order valence-corrected chi connectivity index (χ4v) is 4.08. The SMILES string of the molecule is Cc1onc(-c2ccccc2Cl)c1C(=O)NCC(C)NC(=O)c1c(-c2ccccc2Cl)noc1C. The number of rotatable bonds is 7. The maximum Gasteiger partial charge on any atom is 0.257 e. The molecule has 0 saturated carbocycles. The van der Waals surface area contributed by atoms with Crippen molar-refractivity contribution >= 4 is 35.0 Å². The molecule has 1 unspecified atom stereocenters. The zero-order valence-corrected chi connectivity index (χ0v) is 20.7. The molecule has 0 spiro atoms. The summed E-state index contributed by atoms with van der Waals surface area (Å²) in [5.74, 6) is -0.0623. The van der Waals surface area contributed by atoms with E-state index in [-0.39, 0.29) is 17.7 Å². The first kappa shape index (κ1) is 24.5. The Bertz CT molecular complexity index is 1400. The van der Waals surface area contributed by atoms with Crippen molar-refractivity contribution in [1.82, 2.24) is 20.9 Å². The second kappa shape index (κ2) is 10.3. The van der Waals surface area contributed by atoms with Gasteiger partial charge < -0.3 is 19.7 Å². The first-order chi connectivity index (χ1) is 16.8. The number of carbonyl (C=O) groups is 2. The van der Waals surface area contributed by atoms with Gasteiger partial charge in [-0.05, 0) is 32.9 Å². The zero-order chi connectivity index (χ0) is 25.1. The van der Waals surface area contributed by atoms with Crippen LogP contribution in [-0.2, 0) is 0 Å². The van der Waals surface area contributed by atoms with Gasteiger partial charge in [0.05, 0.1) is 10.0 Å². The lowest BCUT2D eigenvalue weighted by atomic mass is 10.0. The highest BCUT2D eigenvalue weighted by molar-refractivity contribution is 6.33. The van der Waals surface area contributed by atoms with E-state index in [1.807, 2.05) is 0 Å². The Morgan fingerprint density at radius 1 is 0.829 bits per heavy atom. The number of benzene rings is 2. The van der Waals surface area contributed by atoms with Gasteiger partial charge in [-0.25, -0.2) is 0 Å². The maximum atomic E-state index is 13.0. The largest absolute Gasteiger partial charge is 0.360 e. The zero-order valence-electron chi connectivity index (χ0n) is 19.2. The lowest BCUT2D eigenvalue weighted by Gasteiger charge is -2.15. The normalized spacial score (nSPS) is 11.8. The molecule has 1 atom stereocenters. The van der Waals surface area contributed by atoms with Gasteiger partial charge >= 0.3 is 0 Å². The van der Waals surface area contributed by atoms with E-state index >= 15 is 0 Å². The van der Waals surface area contributed by atoms with Crippen molar-refractivity contribution in [3.8, 4) is 22.5 Å². The quantitative estimate of drug-likeness (QED) is 0.339. The monoisotopic (exact) mass is 512 g/mol. The van der Waals surface area contributed by atoms with Gasteiger partial charge in [-0.2, -0.15) is 0 Å². The summed E-state index contributed by atoms with van der Waals surface area (Å²) in [6.07, 6.45) is 0. The molecule has 0 aliphatic heterocycles. The summed E-state index contributed by atoms with van der Waals surface area (Å²) < 4.78 is 10.5. The summed E-state index contributed by atoms with van der Waals surface area (Å²) in [6.45, 7) is 5.23. The van der Waals surface area contributed by atoms with Gasteiger partial charge in [0, 0.05) is 23.7 Å². The molecule has 4 aromatic rings. The molecule has 2 amide bonds. The summed E-state index contributed by atoms with van der Waals surface area (Å²) >= 11 is 12.6. The molecule has 0 fully saturated rings. The van der Waals surface area contributed by atoms with Crippen LogP contribution in [0.5, 0.6) is 0 Å². The molecule has 0 radical (unpaired) electrons. The molecule has 2 aromatic carbocycles. The Kier molecular flexibility index (Phi) is 7.23. The summed E-state index contributed by atoms with van der Waals surface area (Å²) in [5, 5.41) is 14.6. The Balaban J connectivity index is 1.46. The fourth-order valence-electron chi connectivity index (χ4n) is 3.63. The Morgan fingerprint density at radius 3 is 1.77 bits per heavy atom. The number of aromatic nitrogens is 2. The topological polar surface area (TPSA) is 110 Å². The highest BCUT2D eigenvalue weighted by Crippen LogP contribution is 2.32. The summed E-state index contributed by atoms with van der Waals surface area (Å²) in [7, 11) is 0. The van der Waals surface area contributed by atoms with E-state index in [1.165, 1.54) is 0 Å². The molecular formula is C25H22Cl2N4O4. The molecule has 0 aliphatic carbocycles. The third kappa shape index (κ3) is 5.08. The van der Waals surface area contributed by atoms with Crippen molar-refractivity contribution in [3.05, 3.63) is 81.2 Å². The highest BCUT2D eigenvalue weighted by atomic mass is 35.5. The minimum absolute atomic E-state index is 0.156. The van der Waals surface area contributed by atoms with Crippen LogP contribution < -0.4 is 10.6 Å². The van der Waals surface area contributed by atoms with Gasteiger partial charge in [0.25, 0.3) is 11.8 Å². The summed E-state index contributed by atoms with van der Waals surface area (Å²) in [6, 6.07) is 13.7. The molecule has 0 aliphatic rings. The van der Waals surface area contributed by atoms with Crippen molar-refractivity contribution in [2.45, 2.75) is 26.8 Å². The van der Waals surface area contributed by atoms with Crippen LogP contribution >= 0.6 is 23.2 Å². The third-order valence-electron chi connectivity index (χ3n) is 5.38. The van der Waals surface area contributed by atoms with Gasteiger partial charge in [0.2, 0.25) is 0 Å². The van der Waals surface area contributed by atoms with E-state index < -0.39 is 17.9 Å². The lowest BCUT2D eigenvalue weighted by Crippen LogP contribution is -2.42. The molecule has 0 saturated heterocycles. The van der Waals surface area contributed by atoms with Crippen LogP contribution in [0.25, 0.3) is 22.5 Å². The van der Waals surface area contributed by atoms with Crippen molar-refractivity contribution in [3.63, 3.8) is 0 Å². The van der Waals surface area contributed by atoms with Crippen LogP contribution in [0.15, 0.2) is 57.6 Å². The average molecular weight is 513 g/mol. The molecule has 2 heterocycles. The van der Waals surface area contributed by atoms with Gasteiger partial charge in [-0.1, -0.05) is 69.9 Å². The first-order valence-corrected chi connectivity index (χ1v) is 11.5. The van der Waals surface area contributed by atoms with Crippen molar-refractivity contribution < 1.29 is 18.6 Å². The van der Waals surface area contributed by atoms with E-state index in [2.05, 4.69) is 20.9 Å². The number of nitrogens with zero attached hydrogens (tertiary/aromatic N) is 2. The van der Waals surface area contributed by atoms with E-state index in [0.717, 1.165) is 0 Å². The maximum absolute atomic E-state index is 13.0. The van der Waals surface area contributed by atoms with Crippen LogP contribution in [0.1, 0.15) is 39.2 Å². The van der Waals surface area contributed by atoms with Crippen LogP contribution in [0.3, 0.4) is 0 Å². The Labute approximate surface area is 211 Å². The molecule has 4 rings (SSSR count). The molecular weight excluding hydrogens is 491 g/mol. The first-order valence-electron chi connectivity index (χ1n) is 10.8. The van der Waals surface area contributed by atoms with E-state index in [1.54, 1.807) is 69.3 Å². The number of aryl methyl sites for hydroxylation is 2. The van der Waals surface area contributed by atoms with Gasteiger partial charge in [-0.15, -0.1) is 0 Å².